The SMILES string of the molecule is Cc1ccc2cc1Oc1cccc(c1)CO[C@H]1CN(C(=O)CCn3nccc3C)C[C@@H]1NC(=O)CN(C)C2=O. The minimum Gasteiger partial charge on any atom is -0.457 e. The summed E-state index contributed by atoms with van der Waals surface area (Å²) in [6.45, 7) is 5.19. The summed E-state index contributed by atoms with van der Waals surface area (Å²) >= 11 is 0. The summed E-state index contributed by atoms with van der Waals surface area (Å²) in [7, 11) is 1.59. The summed E-state index contributed by atoms with van der Waals surface area (Å²) in [6.07, 6.45) is 1.61. The van der Waals surface area contributed by atoms with Gasteiger partial charge >= 0.3 is 0 Å². The van der Waals surface area contributed by atoms with Gasteiger partial charge in [0, 0.05) is 50.6 Å². The average Bonchev–Trinajstić information content (AvgIpc) is 3.52. The number of nitrogens with zero attached hydrogens (tertiary/aromatic N) is 4. The quantitative estimate of drug-likeness (QED) is 0.557. The van der Waals surface area contributed by atoms with E-state index in [1.165, 1.54) is 4.90 Å². The Bertz CT molecular complexity index is 1390. The second-order valence-corrected chi connectivity index (χ2v) is 10.2. The smallest absolute Gasteiger partial charge is 0.254 e. The van der Waals surface area contributed by atoms with Crippen LogP contribution in [0.15, 0.2) is 54.7 Å². The third kappa shape index (κ3) is 6.12. The second-order valence-electron chi connectivity index (χ2n) is 10.2. The summed E-state index contributed by atoms with van der Waals surface area (Å²) in [5.41, 5.74) is 3.20. The minimum absolute atomic E-state index is 0.0292. The third-order valence-corrected chi connectivity index (χ3v) is 7.18. The van der Waals surface area contributed by atoms with Crippen molar-refractivity contribution in [2.75, 3.05) is 26.7 Å². The molecule has 1 aromatic heterocycles. The lowest BCUT2D eigenvalue weighted by molar-refractivity contribution is -0.131. The van der Waals surface area contributed by atoms with Crippen LogP contribution < -0.4 is 10.1 Å². The Hall–Kier alpha value is -4.18. The molecule has 10 nitrogen and oxygen atoms in total. The van der Waals surface area contributed by atoms with Crippen LogP contribution >= 0.6 is 0 Å². The summed E-state index contributed by atoms with van der Waals surface area (Å²) in [5.74, 6) is 0.563. The molecule has 3 amide bonds. The van der Waals surface area contributed by atoms with E-state index in [0.29, 0.717) is 49.7 Å². The molecule has 0 radical (unpaired) electrons. The molecular formula is C29H33N5O5. The molecule has 2 aliphatic heterocycles. The number of hydrogen-bond donors (Lipinski definition) is 1. The number of hydrogen-bond acceptors (Lipinski definition) is 6. The van der Waals surface area contributed by atoms with Gasteiger partial charge in [-0.1, -0.05) is 18.2 Å². The van der Waals surface area contributed by atoms with Crippen molar-refractivity contribution in [1.29, 1.82) is 0 Å². The van der Waals surface area contributed by atoms with Crippen molar-refractivity contribution in [3.8, 4) is 11.5 Å². The van der Waals surface area contributed by atoms with Gasteiger partial charge in [-0.15, -0.1) is 0 Å². The van der Waals surface area contributed by atoms with Crippen LogP contribution in [0.3, 0.4) is 0 Å². The Morgan fingerprint density at radius 2 is 1.95 bits per heavy atom. The maximum atomic E-state index is 13.1. The molecule has 2 aromatic carbocycles. The predicted molar refractivity (Wildman–Crippen MR) is 143 cm³/mol. The average molecular weight is 532 g/mol. The van der Waals surface area contributed by atoms with Crippen LogP contribution in [-0.4, -0.2) is 76.1 Å². The van der Waals surface area contributed by atoms with Crippen LogP contribution in [0.1, 0.15) is 33.6 Å². The molecule has 2 atom stereocenters. The Balaban J connectivity index is 1.36. The summed E-state index contributed by atoms with van der Waals surface area (Å²) in [5, 5.41) is 7.25. The van der Waals surface area contributed by atoms with E-state index in [4.69, 9.17) is 9.47 Å². The molecule has 5 rings (SSSR count). The molecule has 10 heteroatoms. The molecule has 0 unspecified atom stereocenters. The molecule has 0 spiro atoms. The lowest BCUT2D eigenvalue weighted by Gasteiger charge is -2.23. The number of carbonyl (C=O) groups is 3. The zero-order valence-electron chi connectivity index (χ0n) is 22.4. The first kappa shape index (κ1) is 26.4. The van der Waals surface area contributed by atoms with E-state index in [2.05, 4.69) is 10.4 Å². The Kier molecular flexibility index (Phi) is 7.65. The highest BCUT2D eigenvalue weighted by Gasteiger charge is 2.37. The van der Waals surface area contributed by atoms with Gasteiger partial charge in [-0.05, 0) is 55.3 Å². The number of likely N-dealkylation sites (N-methyl/N-ethyl adjacent to an activating group) is 1. The van der Waals surface area contributed by atoms with Crippen LogP contribution in [0.5, 0.6) is 11.5 Å². The van der Waals surface area contributed by atoms with Gasteiger partial charge in [0.15, 0.2) is 0 Å². The summed E-state index contributed by atoms with van der Waals surface area (Å²) in [4.78, 5) is 42.3. The van der Waals surface area contributed by atoms with E-state index in [1.54, 1.807) is 35.0 Å². The van der Waals surface area contributed by atoms with Gasteiger partial charge in [0.1, 0.15) is 11.5 Å². The zero-order valence-corrected chi connectivity index (χ0v) is 22.4. The first-order valence-corrected chi connectivity index (χ1v) is 13.1. The van der Waals surface area contributed by atoms with E-state index in [9.17, 15) is 14.4 Å². The van der Waals surface area contributed by atoms with E-state index in [-0.39, 0.29) is 24.3 Å². The lowest BCUT2D eigenvalue weighted by Crippen LogP contribution is -2.48. The molecule has 0 saturated carbocycles. The molecular weight excluding hydrogens is 498 g/mol. The molecule has 1 N–H and O–H groups in total. The number of rotatable bonds is 3. The van der Waals surface area contributed by atoms with Gasteiger partial charge in [-0.3, -0.25) is 19.1 Å². The Labute approximate surface area is 227 Å². The number of nitrogens with one attached hydrogen (secondary N) is 1. The fourth-order valence-corrected chi connectivity index (χ4v) is 4.91. The Morgan fingerprint density at radius 3 is 2.74 bits per heavy atom. The largest absolute Gasteiger partial charge is 0.457 e. The summed E-state index contributed by atoms with van der Waals surface area (Å²) in [6, 6.07) is 14.3. The molecule has 3 heterocycles. The van der Waals surface area contributed by atoms with Crippen LogP contribution in [-0.2, 0) is 27.5 Å². The van der Waals surface area contributed by atoms with Gasteiger partial charge in [0.2, 0.25) is 11.8 Å². The standard InChI is InChI=1S/C29H33N5O5/c1-19-7-8-22-14-25(19)39-23-6-4-5-21(13-23)18-38-26-16-33(28(36)10-12-34-20(2)9-11-30-34)15-24(26)31-27(35)17-32(3)29(22)37/h4-9,11,13-14,24,26H,10,12,15-18H2,1-3H3,(H,31,35)/t24-,26-/m0/s1. The van der Waals surface area contributed by atoms with Crippen molar-refractivity contribution in [3.63, 3.8) is 0 Å². The fourth-order valence-electron chi connectivity index (χ4n) is 4.91. The number of aryl methyl sites for hydroxylation is 3. The van der Waals surface area contributed by atoms with Crippen LogP contribution in [0.25, 0.3) is 0 Å². The minimum atomic E-state index is -0.408. The Morgan fingerprint density at radius 1 is 1.10 bits per heavy atom. The number of ether oxygens (including phenoxy) is 2. The van der Waals surface area contributed by atoms with E-state index in [1.807, 2.05) is 50.2 Å². The molecule has 4 bridgehead atoms. The maximum Gasteiger partial charge on any atom is 0.254 e. The molecule has 39 heavy (non-hydrogen) atoms. The first-order valence-electron chi connectivity index (χ1n) is 13.1. The number of benzene rings is 2. The van der Waals surface area contributed by atoms with Crippen molar-refractivity contribution in [2.24, 2.45) is 0 Å². The van der Waals surface area contributed by atoms with Crippen LogP contribution in [0.4, 0.5) is 0 Å². The highest BCUT2D eigenvalue weighted by atomic mass is 16.5. The third-order valence-electron chi connectivity index (χ3n) is 7.18. The highest BCUT2D eigenvalue weighted by molar-refractivity contribution is 5.96. The normalized spacial score (nSPS) is 19.9. The summed E-state index contributed by atoms with van der Waals surface area (Å²) < 4.78 is 14.2. The topological polar surface area (TPSA) is 106 Å². The van der Waals surface area contributed by atoms with Crippen molar-refractivity contribution < 1.29 is 23.9 Å². The molecule has 3 aromatic rings. The first-order chi connectivity index (χ1) is 18.8. The van der Waals surface area contributed by atoms with E-state index in [0.717, 1.165) is 16.8 Å². The number of aromatic nitrogens is 2. The number of likely N-dealkylation sites (tertiary alicyclic amines) is 1. The monoisotopic (exact) mass is 531 g/mol. The van der Waals surface area contributed by atoms with E-state index < -0.39 is 12.1 Å². The number of fused-ring (bicyclic) bond motifs is 5. The van der Waals surface area contributed by atoms with Crippen molar-refractivity contribution >= 4 is 17.7 Å². The molecule has 1 fully saturated rings. The van der Waals surface area contributed by atoms with Gasteiger partial charge in [0.05, 0.1) is 25.3 Å². The second kappa shape index (κ2) is 11.3. The fraction of sp³-hybridized carbons (Fsp3) is 0.379. The number of carbonyl (C=O) groups excluding carboxylic acids is 3. The zero-order chi connectivity index (χ0) is 27.5. The van der Waals surface area contributed by atoms with Crippen LogP contribution in [0.2, 0.25) is 0 Å². The molecule has 204 valence electrons. The molecule has 2 aliphatic rings. The van der Waals surface area contributed by atoms with Crippen molar-refractivity contribution in [1.82, 2.24) is 24.9 Å². The number of amides is 3. The molecule has 1 saturated heterocycles. The maximum absolute atomic E-state index is 13.1. The van der Waals surface area contributed by atoms with E-state index >= 15 is 0 Å². The van der Waals surface area contributed by atoms with Gasteiger partial charge < -0.3 is 24.6 Å². The highest BCUT2D eigenvalue weighted by Crippen LogP contribution is 2.28. The van der Waals surface area contributed by atoms with Gasteiger partial charge in [0.25, 0.3) is 5.91 Å². The van der Waals surface area contributed by atoms with Gasteiger partial charge in [-0.25, -0.2) is 0 Å². The van der Waals surface area contributed by atoms with Crippen molar-refractivity contribution in [2.45, 2.75) is 45.6 Å². The lowest BCUT2D eigenvalue weighted by atomic mass is 10.1. The van der Waals surface area contributed by atoms with Crippen molar-refractivity contribution in [3.05, 3.63) is 77.1 Å². The van der Waals surface area contributed by atoms with Gasteiger partial charge in [-0.2, -0.15) is 5.10 Å². The molecule has 0 aliphatic carbocycles. The predicted octanol–water partition coefficient (Wildman–Crippen LogP) is 2.68. The van der Waals surface area contributed by atoms with Crippen LogP contribution in [0, 0.1) is 13.8 Å².